The minimum atomic E-state index is -0.753. The number of halogens is 2. The first-order chi connectivity index (χ1) is 12.0. The summed E-state index contributed by atoms with van der Waals surface area (Å²) in [7, 11) is 0. The van der Waals surface area contributed by atoms with Gasteiger partial charge in [0.2, 0.25) is 5.76 Å². The fraction of sp³-hybridized carbons (Fsp3) is 0.111. The number of carbonyl (C=O) groups excluding carboxylic acids is 1. The first-order valence-electron chi connectivity index (χ1n) is 7.32. The summed E-state index contributed by atoms with van der Waals surface area (Å²) in [5.74, 6) is -0.441. The zero-order valence-electron chi connectivity index (χ0n) is 12.8. The van der Waals surface area contributed by atoms with E-state index >= 15 is 0 Å². The lowest BCUT2D eigenvalue weighted by Gasteiger charge is -2.08. The molecule has 0 spiro atoms. The van der Waals surface area contributed by atoms with E-state index in [1.54, 1.807) is 30.3 Å². The number of hydrogen-bond acceptors (Lipinski definition) is 5. The Labute approximate surface area is 152 Å². The molecule has 0 radical (unpaired) electrons. The van der Waals surface area contributed by atoms with Gasteiger partial charge in [-0.25, -0.2) is 4.79 Å². The zero-order chi connectivity index (χ0) is 17.8. The molecule has 1 aromatic heterocycles. The van der Waals surface area contributed by atoms with Crippen molar-refractivity contribution in [1.82, 2.24) is 0 Å². The summed E-state index contributed by atoms with van der Waals surface area (Å²) in [6, 6.07) is 12.6. The maximum absolute atomic E-state index is 12.0. The minimum Gasteiger partial charge on any atom is -0.488 e. The molecular formula is C18H12Cl2O5. The van der Waals surface area contributed by atoms with Crippen molar-refractivity contribution in [3.8, 4) is 5.75 Å². The fourth-order valence-electron chi connectivity index (χ4n) is 2.15. The van der Waals surface area contributed by atoms with Gasteiger partial charge in [0.1, 0.15) is 24.5 Å². The molecular weight excluding hydrogens is 367 g/mol. The van der Waals surface area contributed by atoms with Gasteiger partial charge in [0, 0.05) is 11.1 Å². The van der Waals surface area contributed by atoms with Crippen LogP contribution in [0.25, 0.3) is 11.0 Å². The van der Waals surface area contributed by atoms with Crippen LogP contribution >= 0.6 is 23.2 Å². The number of rotatable bonds is 5. The molecule has 0 saturated heterocycles. The molecule has 1 heterocycles. The van der Waals surface area contributed by atoms with Crippen molar-refractivity contribution in [3.05, 3.63) is 74.6 Å². The summed E-state index contributed by atoms with van der Waals surface area (Å²) in [6.45, 7) is 0.0926. The second-order valence-electron chi connectivity index (χ2n) is 5.03. The Morgan fingerprint density at radius 2 is 1.84 bits per heavy atom. The lowest BCUT2D eigenvalue weighted by Crippen LogP contribution is -2.14. The van der Waals surface area contributed by atoms with Crippen molar-refractivity contribution in [3.63, 3.8) is 0 Å². The second-order valence-corrected chi connectivity index (χ2v) is 5.87. The van der Waals surface area contributed by atoms with E-state index in [0.29, 0.717) is 21.2 Å². The first-order valence-corrected chi connectivity index (χ1v) is 8.08. The predicted octanol–water partition coefficient (Wildman–Crippen LogP) is 4.34. The number of carbonyl (C=O) groups is 1. The van der Waals surface area contributed by atoms with Crippen LogP contribution in [0.1, 0.15) is 10.6 Å². The van der Waals surface area contributed by atoms with Crippen molar-refractivity contribution in [1.29, 1.82) is 0 Å². The van der Waals surface area contributed by atoms with Gasteiger partial charge in [-0.3, -0.25) is 4.79 Å². The zero-order valence-corrected chi connectivity index (χ0v) is 14.3. The maximum Gasteiger partial charge on any atom is 0.374 e. The number of benzene rings is 2. The Hall–Kier alpha value is -2.50. The molecule has 0 aliphatic heterocycles. The summed E-state index contributed by atoms with van der Waals surface area (Å²) in [5.41, 5.74) is -0.112. The molecule has 0 amide bonds. The van der Waals surface area contributed by atoms with E-state index in [9.17, 15) is 9.59 Å². The Morgan fingerprint density at radius 1 is 1.04 bits per heavy atom. The van der Waals surface area contributed by atoms with Gasteiger partial charge in [0.15, 0.2) is 5.43 Å². The van der Waals surface area contributed by atoms with E-state index < -0.39 is 5.97 Å². The lowest BCUT2D eigenvalue weighted by molar-refractivity contribution is 0.0415. The molecule has 0 bridgehead atoms. The van der Waals surface area contributed by atoms with E-state index in [-0.39, 0.29) is 30.0 Å². The third-order valence-electron chi connectivity index (χ3n) is 3.30. The molecule has 3 aromatic rings. The van der Waals surface area contributed by atoms with E-state index in [4.69, 9.17) is 37.1 Å². The molecule has 5 nitrogen and oxygen atoms in total. The molecule has 0 fully saturated rings. The van der Waals surface area contributed by atoms with E-state index in [2.05, 4.69) is 0 Å². The standard InChI is InChI=1S/C18H12Cl2O5/c19-11-5-6-15-12(9-11)14(21)10-17(25-15)18(22)24-8-7-23-16-4-2-1-3-13(16)20/h1-6,9-10H,7-8H2. The van der Waals surface area contributed by atoms with Gasteiger partial charge in [-0.05, 0) is 30.3 Å². The number of fused-ring (bicyclic) bond motifs is 1. The fourth-order valence-corrected chi connectivity index (χ4v) is 2.51. The van der Waals surface area contributed by atoms with Gasteiger partial charge in [0.05, 0.1) is 10.4 Å². The third-order valence-corrected chi connectivity index (χ3v) is 3.85. The largest absolute Gasteiger partial charge is 0.488 e. The third kappa shape index (κ3) is 4.13. The maximum atomic E-state index is 12.0. The summed E-state index contributed by atoms with van der Waals surface area (Å²) in [4.78, 5) is 24.1. The topological polar surface area (TPSA) is 65.7 Å². The van der Waals surface area contributed by atoms with Gasteiger partial charge < -0.3 is 13.9 Å². The van der Waals surface area contributed by atoms with E-state index in [1.165, 1.54) is 12.1 Å². The molecule has 25 heavy (non-hydrogen) atoms. The van der Waals surface area contributed by atoms with Crippen molar-refractivity contribution in [2.24, 2.45) is 0 Å². The molecule has 0 aliphatic carbocycles. The van der Waals surface area contributed by atoms with Gasteiger partial charge in [0.25, 0.3) is 0 Å². The molecule has 128 valence electrons. The second kappa shape index (κ2) is 7.59. The van der Waals surface area contributed by atoms with Crippen LogP contribution in [-0.4, -0.2) is 19.2 Å². The van der Waals surface area contributed by atoms with Crippen LogP contribution in [0.3, 0.4) is 0 Å². The monoisotopic (exact) mass is 378 g/mol. The SMILES string of the molecule is O=C(OCCOc1ccccc1Cl)c1cc(=O)c2cc(Cl)ccc2o1. The molecule has 0 aliphatic rings. The minimum absolute atomic E-state index is 0.0214. The Morgan fingerprint density at radius 3 is 2.64 bits per heavy atom. The van der Waals surface area contributed by atoms with Crippen LogP contribution in [-0.2, 0) is 4.74 Å². The molecule has 3 rings (SSSR count). The van der Waals surface area contributed by atoms with Crippen molar-refractivity contribution < 1.29 is 18.7 Å². The molecule has 0 N–H and O–H groups in total. The van der Waals surface area contributed by atoms with Gasteiger partial charge in [-0.15, -0.1) is 0 Å². The summed E-state index contributed by atoms with van der Waals surface area (Å²) in [6.07, 6.45) is 0. The van der Waals surface area contributed by atoms with Crippen molar-refractivity contribution in [2.45, 2.75) is 0 Å². The quantitative estimate of drug-likeness (QED) is 0.488. The van der Waals surface area contributed by atoms with Gasteiger partial charge in [-0.1, -0.05) is 35.3 Å². The highest BCUT2D eigenvalue weighted by molar-refractivity contribution is 6.32. The molecule has 0 atom stereocenters. The smallest absolute Gasteiger partial charge is 0.374 e. The highest BCUT2D eigenvalue weighted by Gasteiger charge is 2.14. The first kappa shape index (κ1) is 17.3. The van der Waals surface area contributed by atoms with Crippen LogP contribution in [0.15, 0.2) is 57.7 Å². The van der Waals surface area contributed by atoms with Crippen LogP contribution < -0.4 is 10.2 Å². The van der Waals surface area contributed by atoms with E-state index in [0.717, 1.165) is 6.07 Å². The highest BCUT2D eigenvalue weighted by Crippen LogP contribution is 2.23. The number of ether oxygens (including phenoxy) is 2. The Balaban J connectivity index is 1.63. The van der Waals surface area contributed by atoms with E-state index in [1.807, 2.05) is 0 Å². The van der Waals surface area contributed by atoms with Crippen molar-refractivity contribution in [2.75, 3.05) is 13.2 Å². The molecule has 0 saturated carbocycles. The lowest BCUT2D eigenvalue weighted by atomic mass is 10.2. The molecule has 0 unspecified atom stereocenters. The van der Waals surface area contributed by atoms with Crippen molar-refractivity contribution >= 4 is 40.1 Å². The Kier molecular flexibility index (Phi) is 5.26. The van der Waals surface area contributed by atoms with Gasteiger partial charge >= 0.3 is 5.97 Å². The van der Waals surface area contributed by atoms with Gasteiger partial charge in [-0.2, -0.15) is 0 Å². The van der Waals surface area contributed by atoms with Crippen LogP contribution in [0.5, 0.6) is 5.75 Å². The number of para-hydroxylation sites is 1. The van der Waals surface area contributed by atoms with Crippen LogP contribution in [0, 0.1) is 0 Å². The average molecular weight is 379 g/mol. The summed E-state index contributed by atoms with van der Waals surface area (Å²) in [5, 5.41) is 1.17. The predicted molar refractivity (Wildman–Crippen MR) is 94.7 cm³/mol. The summed E-state index contributed by atoms with van der Waals surface area (Å²) >= 11 is 11.8. The summed E-state index contributed by atoms with van der Waals surface area (Å²) < 4.78 is 15.9. The Bertz CT molecular complexity index is 981. The highest BCUT2D eigenvalue weighted by atomic mass is 35.5. The number of esters is 1. The molecule has 7 heteroatoms. The number of hydrogen-bond donors (Lipinski definition) is 0. The van der Waals surface area contributed by atoms with Crippen LogP contribution in [0.4, 0.5) is 0 Å². The van der Waals surface area contributed by atoms with Crippen LogP contribution in [0.2, 0.25) is 10.0 Å². The average Bonchev–Trinajstić information content (AvgIpc) is 2.60. The molecule has 2 aromatic carbocycles. The normalized spacial score (nSPS) is 10.6.